The number of rotatable bonds is 8. The molecule has 2 fully saturated rings. The van der Waals surface area contributed by atoms with Crippen molar-refractivity contribution in [3.8, 4) is 24.2 Å². The fourth-order valence-corrected chi connectivity index (χ4v) is 5.69. The second-order valence-electron chi connectivity index (χ2n) is 12.7. The van der Waals surface area contributed by atoms with Gasteiger partial charge in [0.1, 0.15) is 0 Å². The number of unbranched alkanes of at least 4 members (excludes halogenated alkanes) is 2. The molecule has 2 saturated carbocycles. The van der Waals surface area contributed by atoms with Gasteiger partial charge in [-0.2, -0.15) is 13.2 Å². The summed E-state index contributed by atoms with van der Waals surface area (Å²) in [7, 11) is -3.11. The summed E-state index contributed by atoms with van der Waals surface area (Å²) in [6.07, 6.45) is 12.5. The maximum absolute atomic E-state index is 12.5. The molecule has 9 heteroatoms. The third-order valence-electron chi connectivity index (χ3n) is 8.42. The van der Waals surface area contributed by atoms with Gasteiger partial charge in [0.2, 0.25) is 0 Å². The van der Waals surface area contributed by atoms with Crippen LogP contribution in [0.2, 0.25) is 10.0 Å². The Labute approximate surface area is 318 Å². The fourth-order valence-electron chi connectivity index (χ4n) is 5.33. The number of hydrogen-bond donors (Lipinski definition) is 0. The molecule has 4 aromatic rings. The molecule has 3 nitrogen and oxygen atoms in total. The summed E-state index contributed by atoms with van der Waals surface area (Å²) in [5.41, 5.74) is 7.09. The predicted octanol–water partition coefficient (Wildman–Crippen LogP) is 12.2. The Morgan fingerprint density at radius 2 is 1.12 bits per heavy atom. The Balaban J connectivity index is 0.000000210. The first-order valence-electron chi connectivity index (χ1n) is 17.4. The zero-order valence-electron chi connectivity index (χ0n) is 29.4. The summed E-state index contributed by atoms with van der Waals surface area (Å²) in [5, 5.41) is 1.19. The number of benzene rings is 4. The van der Waals surface area contributed by atoms with Crippen LogP contribution in [-0.4, -0.2) is 12.6 Å². The van der Waals surface area contributed by atoms with Crippen LogP contribution in [0.4, 0.5) is 13.2 Å². The van der Waals surface area contributed by atoms with Crippen molar-refractivity contribution in [2.45, 2.75) is 96.1 Å². The number of terminal acetylenes is 1. The van der Waals surface area contributed by atoms with Crippen molar-refractivity contribution in [1.82, 2.24) is 0 Å². The van der Waals surface area contributed by atoms with Crippen molar-refractivity contribution < 1.29 is 25.8 Å². The lowest BCUT2D eigenvalue weighted by atomic mass is 10.0. The van der Waals surface area contributed by atoms with Crippen molar-refractivity contribution in [1.29, 1.82) is 0 Å². The third-order valence-corrected chi connectivity index (χ3v) is 8.89. The molecule has 0 amide bonds. The van der Waals surface area contributed by atoms with E-state index in [2.05, 4.69) is 80.1 Å². The maximum atomic E-state index is 12.5. The van der Waals surface area contributed by atoms with E-state index in [1.165, 1.54) is 73.8 Å². The zero-order chi connectivity index (χ0) is 38.1. The Kier molecular flexibility index (Phi) is 17.5. The topological polar surface area (TPSA) is 51.2 Å². The number of hydrogen-bond acceptors (Lipinski definition) is 3. The van der Waals surface area contributed by atoms with E-state index < -0.39 is 22.3 Å². The minimum absolute atomic E-state index is 0.0605. The highest BCUT2D eigenvalue weighted by Crippen LogP contribution is 2.46. The highest BCUT2D eigenvalue weighted by atomic mass is 35.5. The van der Waals surface area contributed by atoms with E-state index >= 15 is 0 Å². The summed E-state index contributed by atoms with van der Waals surface area (Å²) >= 11 is 11.8. The normalized spacial score (nSPS) is 13.0. The average molecular weight is 768 g/mol. The predicted molar refractivity (Wildman–Crippen MR) is 206 cm³/mol. The second kappa shape index (κ2) is 21.5. The van der Waals surface area contributed by atoms with Crippen molar-refractivity contribution in [2.24, 2.45) is 0 Å². The van der Waals surface area contributed by atoms with Crippen LogP contribution in [0.15, 0.2) is 84.9 Å². The van der Waals surface area contributed by atoms with Crippen LogP contribution >= 0.6 is 23.2 Å². The van der Waals surface area contributed by atoms with Crippen LogP contribution in [0.25, 0.3) is 0 Å². The SMILES string of the molecule is C#Cc1ccc(CCCC)cc1.CCCCc1ccc(C#Cc2ccc(Cl)cc2C2CC2)cc1.FC(F)(F)c1ccc(Cl)cc1C1CC1.O=S(=O)=O. The van der Waals surface area contributed by atoms with Gasteiger partial charge in [-0.3, -0.25) is 0 Å². The molecule has 0 unspecified atom stereocenters. The zero-order valence-corrected chi connectivity index (χ0v) is 31.7. The molecule has 0 aliphatic heterocycles. The van der Waals surface area contributed by atoms with Gasteiger partial charge in [-0.25, -0.2) is 0 Å². The number of halogens is 5. The van der Waals surface area contributed by atoms with Crippen LogP contribution in [0.3, 0.4) is 0 Å². The average Bonchev–Trinajstić information content (AvgIpc) is 4.04. The first kappa shape index (κ1) is 42.4. The molecule has 6 rings (SSSR count). The molecular weight excluding hydrogens is 724 g/mol. The molecule has 0 heterocycles. The van der Waals surface area contributed by atoms with Gasteiger partial charge in [-0.1, -0.05) is 91.9 Å². The molecule has 4 aromatic carbocycles. The van der Waals surface area contributed by atoms with E-state index in [1.54, 1.807) is 0 Å². The molecule has 0 atom stereocenters. The van der Waals surface area contributed by atoms with Crippen LogP contribution in [0.1, 0.15) is 122 Å². The van der Waals surface area contributed by atoms with E-state index in [9.17, 15) is 13.2 Å². The van der Waals surface area contributed by atoms with Gasteiger partial charge in [-0.15, -0.1) is 19.1 Å². The largest absolute Gasteiger partial charge is 0.425 e. The second-order valence-corrected chi connectivity index (χ2v) is 14.0. The van der Waals surface area contributed by atoms with E-state index in [1.807, 2.05) is 18.2 Å². The summed E-state index contributed by atoms with van der Waals surface area (Å²) in [4.78, 5) is 0. The van der Waals surface area contributed by atoms with Crippen LogP contribution < -0.4 is 0 Å². The molecule has 2 aliphatic rings. The van der Waals surface area contributed by atoms with Gasteiger partial charge in [0.05, 0.1) is 5.56 Å². The lowest BCUT2D eigenvalue weighted by Crippen LogP contribution is -2.08. The van der Waals surface area contributed by atoms with Crippen LogP contribution in [-0.2, 0) is 29.6 Å². The molecule has 0 radical (unpaired) electrons. The third kappa shape index (κ3) is 15.7. The smallest absolute Gasteiger partial charge is 0.166 e. The minimum Gasteiger partial charge on any atom is -0.166 e. The fraction of sp³-hybridized carbons (Fsp3) is 0.349. The number of alkyl halides is 3. The van der Waals surface area contributed by atoms with Crippen molar-refractivity contribution in [2.75, 3.05) is 0 Å². The highest BCUT2D eigenvalue weighted by Gasteiger charge is 2.38. The Hall–Kier alpha value is -4.01. The Bertz CT molecular complexity index is 1940. The molecule has 0 N–H and O–H groups in total. The lowest BCUT2D eigenvalue weighted by Gasteiger charge is -2.12. The van der Waals surface area contributed by atoms with Crippen LogP contribution in [0, 0.1) is 24.2 Å². The van der Waals surface area contributed by atoms with Crippen LogP contribution in [0.5, 0.6) is 0 Å². The molecule has 274 valence electrons. The Morgan fingerprint density at radius 3 is 1.56 bits per heavy atom. The first-order valence-corrected chi connectivity index (χ1v) is 19.2. The standard InChI is InChI=1S/C21H21Cl.C12H14.C10H8ClF3.O3S/c1-2-3-4-16-5-7-17(8-6-16)9-10-18-13-14-20(22)15-21(18)19-11-12-19;1-3-5-6-12-9-7-11(4-2)8-10-12;11-7-3-4-9(10(12,13)14)8(5-7)6-1-2-6;1-4(2)3/h5-8,13-15,19H,2-4,11-12H2,1H3;2,7-10H,3,5-6H2,1H3;3-6H,1-2H2;. The van der Waals surface area contributed by atoms with Crippen molar-refractivity contribution >= 4 is 33.8 Å². The van der Waals surface area contributed by atoms with E-state index in [0.29, 0.717) is 16.5 Å². The van der Waals surface area contributed by atoms with E-state index in [4.69, 9.17) is 42.3 Å². The first-order chi connectivity index (χ1) is 24.8. The maximum Gasteiger partial charge on any atom is 0.425 e. The van der Waals surface area contributed by atoms with E-state index in [0.717, 1.165) is 47.0 Å². The van der Waals surface area contributed by atoms with E-state index in [-0.39, 0.29) is 5.92 Å². The van der Waals surface area contributed by atoms with Gasteiger partial charge in [0, 0.05) is 26.7 Å². The Morgan fingerprint density at radius 1 is 0.673 bits per heavy atom. The van der Waals surface area contributed by atoms with Gasteiger partial charge in [0.25, 0.3) is 0 Å². The molecule has 52 heavy (non-hydrogen) atoms. The van der Waals surface area contributed by atoms with Gasteiger partial charge in [0.15, 0.2) is 0 Å². The molecule has 0 saturated heterocycles. The monoisotopic (exact) mass is 766 g/mol. The molecule has 0 aromatic heterocycles. The summed E-state index contributed by atoms with van der Waals surface area (Å²) in [6.45, 7) is 4.43. The molecular formula is C43H43Cl2F3O3S. The summed E-state index contributed by atoms with van der Waals surface area (Å²) < 4.78 is 62.9. The quantitative estimate of drug-likeness (QED) is 0.168. The van der Waals surface area contributed by atoms with Gasteiger partial charge < -0.3 is 0 Å². The lowest BCUT2D eigenvalue weighted by molar-refractivity contribution is -0.138. The summed E-state index contributed by atoms with van der Waals surface area (Å²) in [6, 6.07) is 26.8. The van der Waals surface area contributed by atoms with Gasteiger partial charge in [-0.05, 0) is 146 Å². The highest BCUT2D eigenvalue weighted by molar-refractivity contribution is 7.59. The molecule has 0 spiro atoms. The summed E-state index contributed by atoms with van der Waals surface area (Å²) in [5.74, 6) is 9.96. The van der Waals surface area contributed by atoms with Crippen molar-refractivity contribution in [3.63, 3.8) is 0 Å². The number of aryl methyl sites for hydroxylation is 2. The molecule has 2 aliphatic carbocycles. The minimum atomic E-state index is -4.26. The van der Waals surface area contributed by atoms with Gasteiger partial charge >= 0.3 is 16.8 Å². The van der Waals surface area contributed by atoms with Crippen molar-refractivity contribution in [3.05, 3.63) is 139 Å². The molecule has 0 bridgehead atoms.